The van der Waals surface area contributed by atoms with Crippen LogP contribution in [0.15, 0.2) is 34.9 Å². The molecule has 1 saturated heterocycles. The molecule has 174 valence electrons. The lowest BCUT2D eigenvalue weighted by molar-refractivity contribution is -0.192. The smallest absolute Gasteiger partial charge is 0.475 e. The average molecular weight is 455 g/mol. The van der Waals surface area contributed by atoms with Crippen LogP contribution in [0.5, 0.6) is 0 Å². The number of nitrogens with zero attached hydrogens (tertiary/aromatic N) is 2. The standard InChI is InChI=1S/C19H23N3O3.C2HF3O2/c1-12-9-17(21-25-12)19(23)20-18-14-6-4-3-5-13(14)15-10-22(7-8-24-2)11-16(15)18;3-2(4,5)1(6)7/h3-6,9,15-16,18H,7-8,10-11H2,1-2H3,(H,20,23);(H,6,7)/t15-,16-,18+;/m0./s1. The fraction of sp³-hybridized carbons (Fsp3) is 0.476. The lowest BCUT2D eigenvalue weighted by Crippen LogP contribution is -2.34. The Kier molecular flexibility index (Phi) is 7.19. The Hall–Kier alpha value is -2.92. The van der Waals surface area contributed by atoms with Crippen molar-refractivity contribution in [3.63, 3.8) is 0 Å². The van der Waals surface area contributed by atoms with Gasteiger partial charge in [-0.3, -0.25) is 4.79 Å². The van der Waals surface area contributed by atoms with Crippen LogP contribution in [0.4, 0.5) is 13.2 Å². The predicted molar refractivity (Wildman–Crippen MR) is 106 cm³/mol. The van der Waals surface area contributed by atoms with Gasteiger partial charge >= 0.3 is 12.1 Å². The van der Waals surface area contributed by atoms with Crippen LogP contribution in [0.3, 0.4) is 0 Å². The molecular weight excluding hydrogens is 431 g/mol. The molecule has 2 aromatic rings. The lowest BCUT2D eigenvalue weighted by Gasteiger charge is -2.22. The van der Waals surface area contributed by atoms with E-state index >= 15 is 0 Å². The number of ether oxygens (including phenoxy) is 1. The van der Waals surface area contributed by atoms with Gasteiger partial charge < -0.3 is 24.6 Å². The minimum absolute atomic E-state index is 0.0123. The number of nitrogens with one attached hydrogen (secondary N) is 1. The number of alkyl halides is 3. The van der Waals surface area contributed by atoms with Crippen LogP contribution >= 0.6 is 0 Å². The molecule has 2 N–H and O–H groups in total. The van der Waals surface area contributed by atoms with Gasteiger partial charge in [-0.25, -0.2) is 4.79 Å². The number of aliphatic carboxylic acids is 1. The lowest BCUT2D eigenvalue weighted by atomic mass is 9.94. The number of rotatable bonds is 5. The van der Waals surface area contributed by atoms with Crippen LogP contribution in [-0.2, 0) is 9.53 Å². The van der Waals surface area contributed by atoms with Gasteiger partial charge in [-0.2, -0.15) is 13.2 Å². The minimum atomic E-state index is -5.08. The third-order valence-corrected chi connectivity index (χ3v) is 5.60. The van der Waals surface area contributed by atoms with Crippen molar-refractivity contribution >= 4 is 11.9 Å². The number of aryl methyl sites for hydroxylation is 1. The molecule has 11 heteroatoms. The van der Waals surface area contributed by atoms with E-state index in [4.69, 9.17) is 19.2 Å². The van der Waals surface area contributed by atoms with Crippen molar-refractivity contribution in [1.29, 1.82) is 0 Å². The van der Waals surface area contributed by atoms with Crippen molar-refractivity contribution in [1.82, 2.24) is 15.4 Å². The minimum Gasteiger partial charge on any atom is -0.475 e. The predicted octanol–water partition coefficient (Wildman–Crippen LogP) is 2.76. The monoisotopic (exact) mass is 455 g/mol. The van der Waals surface area contributed by atoms with Gasteiger partial charge in [0.15, 0.2) is 5.69 Å². The van der Waals surface area contributed by atoms with Crippen molar-refractivity contribution in [2.75, 3.05) is 33.4 Å². The third-order valence-electron chi connectivity index (χ3n) is 5.60. The zero-order valence-electron chi connectivity index (χ0n) is 17.6. The Bertz CT molecular complexity index is 962. The SMILES string of the molecule is COCCN1C[C@@H]2[C@H](NC(=O)c3cc(C)on3)c3ccccc3[C@@H]2C1.O=C(O)C(F)(F)F. The summed E-state index contributed by atoms with van der Waals surface area (Å²) in [6.07, 6.45) is -5.08. The molecule has 0 unspecified atom stereocenters. The maximum Gasteiger partial charge on any atom is 0.490 e. The highest BCUT2D eigenvalue weighted by Crippen LogP contribution is 2.49. The fourth-order valence-electron chi connectivity index (χ4n) is 4.22. The average Bonchev–Trinajstić information content (AvgIpc) is 3.42. The van der Waals surface area contributed by atoms with Gasteiger partial charge in [-0.15, -0.1) is 0 Å². The van der Waals surface area contributed by atoms with E-state index in [1.54, 1.807) is 20.1 Å². The molecular formula is C21H24F3N3O5. The first-order valence-corrected chi connectivity index (χ1v) is 9.96. The third kappa shape index (κ3) is 5.28. The van der Waals surface area contributed by atoms with E-state index < -0.39 is 12.1 Å². The summed E-state index contributed by atoms with van der Waals surface area (Å²) >= 11 is 0. The van der Waals surface area contributed by atoms with Crippen molar-refractivity contribution in [3.8, 4) is 0 Å². The second kappa shape index (κ2) is 9.70. The molecule has 1 aromatic heterocycles. The van der Waals surface area contributed by atoms with Crippen molar-refractivity contribution < 1.29 is 37.1 Å². The van der Waals surface area contributed by atoms with Gasteiger partial charge in [0.25, 0.3) is 5.91 Å². The Morgan fingerprint density at radius 1 is 1.28 bits per heavy atom. The molecule has 0 bridgehead atoms. The van der Waals surface area contributed by atoms with Crippen LogP contribution in [-0.4, -0.2) is 66.6 Å². The van der Waals surface area contributed by atoms with E-state index in [0.29, 0.717) is 23.3 Å². The second-order valence-electron chi connectivity index (χ2n) is 7.73. The molecule has 32 heavy (non-hydrogen) atoms. The summed E-state index contributed by atoms with van der Waals surface area (Å²) in [4.78, 5) is 23.9. The Morgan fingerprint density at radius 2 is 1.94 bits per heavy atom. The molecule has 3 atom stereocenters. The van der Waals surface area contributed by atoms with Gasteiger partial charge in [0.05, 0.1) is 12.6 Å². The number of fused-ring (bicyclic) bond motifs is 3. The first-order chi connectivity index (χ1) is 15.1. The number of hydrogen-bond acceptors (Lipinski definition) is 6. The van der Waals surface area contributed by atoms with Crippen molar-refractivity contribution in [3.05, 3.63) is 52.9 Å². The van der Waals surface area contributed by atoms with Gasteiger partial charge in [-0.05, 0) is 18.1 Å². The van der Waals surface area contributed by atoms with E-state index in [1.807, 2.05) is 6.07 Å². The highest BCUT2D eigenvalue weighted by molar-refractivity contribution is 5.92. The van der Waals surface area contributed by atoms with Gasteiger partial charge in [0.1, 0.15) is 5.76 Å². The highest BCUT2D eigenvalue weighted by Gasteiger charge is 2.46. The summed E-state index contributed by atoms with van der Waals surface area (Å²) < 4.78 is 42.0. The van der Waals surface area contributed by atoms with E-state index in [0.717, 1.165) is 26.2 Å². The topological polar surface area (TPSA) is 105 Å². The van der Waals surface area contributed by atoms with Crippen LogP contribution in [0.25, 0.3) is 0 Å². The summed E-state index contributed by atoms with van der Waals surface area (Å²) in [6, 6.07) is 10.1. The molecule has 1 aliphatic heterocycles. The van der Waals surface area contributed by atoms with Crippen LogP contribution in [0.1, 0.15) is 39.3 Å². The number of carbonyl (C=O) groups is 2. The largest absolute Gasteiger partial charge is 0.490 e. The number of amides is 1. The summed E-state index contributed by atoms with van der Waals surface area (Å²) in [5.74, 6) is -1.45. The zero-order chi connectivity index (χ0) is 23.5. The maximum absolute atomic E-state index is 12.6. The summed E-state index contributed by atoms with van der Waals surface area (Å²) in [5, 5.41) is 14.2. The normalized spacial score (nSPS) is 22.0. The maximum atomic E-state index is 12.6. The number of carboxylic acids is 1. The zero-order valence-corrected chi connectivity index (χ0v) is 17.6. The molecule has 0 radical (unpaired) electrons. The summed E-state index contributed by atoms with van der Waals surface area (Å²) in [6.45, 7) is 5.42. The van der Waals surface area contributed by atoms with Crippen molar-refractivity contribution in [2.45, 2.75) is 25.1 Å². The van der Waals surface area contributed by atoms with Gasteiger partial charge in [0.2, 0.25) is 0 Å². The molecule has 0 saturated carbocycles. The van der Waals surface area contributed by atoms with Crippen LogP contribution in [0.2, 0.25) is 0 Å². The fourth-order valence-corrected chi connectivity index (χ4v) is 4.22. The quantitative estimate of drug-likeness (QED) is 0.714. The molecule has 8 nitrogen and oxygen atoms in total. The molecule has 2 heterocycles. The van der Waals surface area contributed by atoms with Crippen LogP contribution < -0.4 is 5.32 Å². The molecule has 1 aliphatic carbocycles. The number of aromatic nitrogens is 1. The first kappa shape index (κ1) is 23.7. The number of likely N-dealkylation sites (tertiary alicyclic amines) is 1. The summed E-state index contributed by atoms with van der Waals surface area (Å²) in [7, 11) is 1.73. The number of carboxylic acid groups (broad SMARTS) is 1. The number of carbonyl (C=O) groups excluding carboxylic acids is 1. The van der Waals surface area contributed by atoms with E-state index in [9.17, 15) is 18.0 Å². The molecule has 0 spiro atoms. The van der Waals surface area contributed by atoms with E-state index in [2.05, 4.69) is 33.6 Å². The number of methoxy groups -OCH3 is 1. The van der Waals surface area contributed by atoms with Crippen LogP contribution in [0, 0.1) is 12.8 Å². The number of hydrogen-bond donors (Lipinski definition) is 2. The highest BCUT2D eigenvalue weighted by atomic mass is 19.4. The molecule has 2 aliphatic rings. The Balaban J connectivity index is 0.000000360. The molecule has 1 aromatic carbocycles. The number of benzene rings is 1. The van der Waals surface area contributed by atoms with E-state index in [-0.39, 0.29) is 11.9 Å². The summed E-state index contributed by atoms with van der Waals surface area (Å²) in [5.41, 5.74) is 2.93. The number of halogens is 3. The molecule has 1 amide bonds. The second-order valence-corrected chi connectivity index (χ2v) is 7.73. The Labute approximate surface area is 182 Å². The van der Waals surface area contributed by atoms with Gasteiger partial charge in [0, 0.05) is 44.6 Å². The van der Waals surface area contributed by atoms with Gasteiger partial charge in [-0.1, -0.05) is 29.4 Å². The Morgan fingerprint density at radius 3 is 2.50 bits per heavy atom. The molecule has 4 rings (SSSR count). The first-order valence-electron chi connectivity index (χ1n) is 9.96. The van der Waals surface area contributed by atoms with Crippen molar-refractivity contribution in [2.24, 2.45) is 5.92 Å². The van der Waals surface area contributed by atoms with E-state index in [1.165, 1.54) is 11.1 Å². The molecule has 1 fully saturated rings.